The molecule has 0 amide bonds. The van der Waals surface area contributed by atoms with Crippen LogP contribution in [0.1, 0.15) is 66.7 Å². The Morgan fingerprint density at radius 3 is 2.57 bits per heavy atom. The highest BCUT2D eigenvalue weighted by molar-refractivity contribution is 7.90. The van der Waals surface area contributed by atoms with E-state index in [1.165, 1.54) is 29.5 Å². The molecular formula is C31H29ClF3N7O3S2. The highest BCUT2D eigenvalue weighted by atomic mass is 35.5. The number of nitrogens with zero attached hydrogens (tertiary/aromatic N) is 6. The van der Waals surface area contributed by atoms with E-state index in [4.69, 9.17) is 16.6 Å². The van der Waals surface area contributed by atoms with E-state index in [0.717, 1.165) is 12.3 Å². The molecule has 47 heavy (non-hydrogen) atoms. The molecule has 0 unspecified atom stereocenters. The van der Waals surface area contributed by atoms with E-state index < -0.39 is 45.3 Å². The summed E-state index contributed by atoms with van der Waals surface area (Å²) in [5.74, 6) is -0.0924. The summed E-state index contributed by atoms with van der Waals surface area (Å²) in [4.78, 5) is 15.6. The molecule has 3 aliphatic rings. The Balaban J connectivity index is 1.23. The molecule has 5 heterocycles. The lowest BCUT2D eigenvalue weighted by Crippen LogP contribution is -2.46. The topological polar surface area (TPSA) is 126 Å². The number of alkyl halides is 2. The lowest BCUT2D eigenvalue weighted by atomic mass is 9.82. The van der Waals surface area contributed by atoms with E-state index >= 15 is 0 Å². The molecule has 1 aliphatic carbocycles. The number of aliphatic imine (C=N–C) groups is 1. The van der Waals surface area contributed by atoms with E-state index in [1.54, 1.807) is 36.0 Å². The molecule has 1 aromatic carbocycles. The zero-order valence-corrected chi connectivity index (χ0v) is 27.1. The van der Waals surface area contributed by atoms with Crippen molar-refractivity contribution in [2.75, 3.05) is 6.54 Å². The van der Waals surface area contributed by atoms with Gasteiger partial charge in [0.15, 0.2) is 10.8 Å². The van der Waals surface area contributed by atoms with Gasteiger partial charge in [0.2, 0.25) is 10.0 Å². The minimum absolute atomic E-state index is 0.0929. The molecule has 7 rings (SSSR count). The number of aliphatic hydroxyl groups is 1. The molecule has 10 nitrogen and oxygen atoms in total. The maximum atomic E-state index is 14.1. The Bertz CT molecular complexity index is 1950. The fraction of sp³-hybridized carbons (Fsp3) is 0.355. The van der Waals surface area contributed by atoms with Gasteiger partial charge in [0, 0.05) is 64.8 Å². The molecule has 16 heteroatoms. The van der Waals surface area contributed by atoms with Crippen LogP contribution in [-0.4, -0.2) is 61.8 Å². The highest BCUT2D eigenvalue weighted by Gasteiger charge is 2.45. The monoisotopic (exact) mass is 703 g/mol. The van der Waals surface area contributed by atoms with Gasteiger partial charge in [-0.15, -0.1) is 11.3 Å². The Morgan fingerprint density at radius 2 is 1.91 bits per heavy atom. The summed E-state index contributed by atoms with van der Waals surface area (Å²) in [5.41, 5.74) is 1.05. The Morgan fingerprint density at radius 1 is 1.11 bits per heavy atom. The number of thiazole rings is 1. The van der Waals surface area contributed by atoms with Crippen LogP contribution in [0.5, 0.6) is 0 Å². The number of hydrogen-bond donors (Lipinski definition) is 2. The van der Waals surface area contributed by atoms with Crippen LogP contribution in [0.4, 0.5) is 13.2 Å². The summed E-state index contributed by atoms with van der Waals surface area (Å²) in [6.45, 7) is -2.69. The van der Waals surface area contributed by atoms with Crippen LogP contribution in [0.2, 0.25) is 5.02 Å². The number of benzene rings is 1. The van der Waals surface area contributed by atoms with Crippen LogP contribution < -0.4 is 4.72 Å². The number of amidine groups is 1. The number of pyridine rings is 1. The van der Waals surface area contributed by atoms with Gasteiger partial charge < -0.3 is 10.0 Å². The quantitative estimate of drug-likeness (QED) is 0.243. The largest absolute Gasteiger partial charge is 0.384 e. The van der Waals surface area contributed by atoms with Crippen molar-refractivity contribution < 1.29 is 26.7 Å². The first kappa shape index (κ1) is 31.9. The first-order chi connectivity index (χ1) is 22.5. The van der Waals surface area contributed by atoms with Gasteiger partial charge in [-0.3, -0.25) is 9.98 Å². The molecule has 0 radical (unpaired) electrons. The van der Waals surface area contributed by atoms with Crippen molar-refractivity contribution >= 4 is 44.4 Å². The first-order valence-electron chi connectivity index (χ1n) is 14.9. The predicted octanol–water partition coefficient (Wildman–Crippen LogP) is 5.66. The van der Waals surface area contributed by atoms with Crippen molar-refractivity contribution in [2.24, 2.45) is 4.99 Å². The Hall–Kier alpha value is -3.63. The van der Waals surface area contributed by atoms with Crippen molar-refractivity contribution in [3.05, 3.63) is 105 Å². The Labute approximate surface area is 277 Å². The van der Waals surface area contributed by atoms with Crippen LogP contribution in [0.15, 0.2) is 77.1 Å². The minimum atomic E-state index is -3.85. The fourth-order valence-electron chi connectivity index (χ4n) is 6.63. The van der Waals surface area contributed by atoms with E-state index in [9.17, 15) is 26.7 Å². The SMILES string of the molecule is O=S(=O)(N[C@H]1CC2=C(c3ccn(C(F)F)n3)[C@H](c3ccc(F)cc3Cl)N=C(c3nccs3)N2C1)[C@H]1CC[C@](O)(c2ccccn2)CC1. The first-order valence-corrected chi connectivity index (χ1v) is 17.7. The molecule has 3 aromatic heterocycles. The molecule has 2 atom stereocenters. The molecule has 2 aliphatic heterocycles. The van der Waals surface area contributed by atoms with Crippen molar-refractivity contribution in [3.63, 3.8) is 0 Å². The normalized spacial score (nSPS) is 24.9. The number of halogens is 4. The molecule has 0 spiro atoms. The summed E-state index contributed by atoms with van der Waals surface area (Å²) in [5, 5.41) is 17.0. The van der Waals surface area contributed by atoms with E-state index in [0.29, 0.717) is 38.1 Å². The molecule has 0 bridgehead atoms. The number of nitrogens with one attached hydrogen (secondary N) is 1. The molecule has 2 N–H and O–H groups in total. The number of fused-ring (bicyclic) bond motifs is 1. The van der Waals surface area contributed by atoms with Crippen LogP contribution in [-0.2, 0) is 15.6 Å². The second-order valence-electron chi connectivity index (χ2n) is 11.8. The lowest BCUT2D eigenvalue weighted by molar-refractivity contribution is -0.00382. The predicted molar refractivity (Wildman–Crippen MR) is 171 cm³/mol. The molecule has 1 saturated carbocycles. The maximum Gasteiger partial charge on any atom is 0.333 e. The van der Waals surface area contributed by atoms with Gasteiger partial charge in [0.05, 0.1) is 16.6 Å². The molecule has 4 aromatic rings. The maximum absolute atomic E-state index is 14.1. The number of sulfonamides is 1. The molecule has 246 valence electrons. The smallest absolute Gasteiger partial charge is 0.333 e. The summed E-state index contributed by atoms with van der Waals surface area (Å²) in [6.07, 6.45) is 5.56. The van der Waals surface area contributed by atoms with Crippen LogP contribution in [0.3, 0.4) is 0 Å². The van der Waals surface area contributed by atoms with Gasteiger partial charge in [-0.25, -0.2) is 27.2 Å². The zero-order valence-electron chi connectivity index (χ0n) is 24.7. The van der Waals surface area contributed by atoms with Gasteiger partial charge in [-0.05, 0) is 56.0 Å². The minimum Gasteiger partial charge on any atom is -0.384 e. The molecular weight excluding hydrogens is 675 g/mol. The van der Waals surface area contributed by atoms with E-state index in [2.05, 4.69) is 19.8 Å². The van der Waals surface area contributed by atoms with Gasteiger partial charge in [0.1, 0.15) is 17.5 Å². The summed E-state index contributed by atoms with van der Waals surface area (Å²) in [7, 11) is -3.85. The van der Waals surface area contributed by atoms with Gasteiger partial charge in [0.25, 0.3) is 0 Å². The molecule has 2 fully saturated rings. The third-order valence-electron chi connectivity index (χ3n) is 8.90. The van der Waals surface area contributed by atoms with Crippen molar-refractivity contribution in [1.82, 2.24) is 29.4 Å². The van der Waals surface area contributed by atoms with Crippen LogP contribution in [0, 0.1) is 5.82 Å². The summed E-state index contributed by atoms with van der Waals surface area (Å²) >= 11 is 7.87. The van der Waals surface area contributed by atoms with E-state index in [1.807, 2.05) is 4.90 Å². The van der Waals surface area contributed by atoms with Crippen LogP contribution in [0.25, 0.3) is 5.57 Å². The second-order valence-corrected chi connectivity index (χ2v) is 15.1. The average Bonchev–Trinajstić information content (AvgIpc) is 3.83. The standard InChI is InChI=1S/C31H29ClF3N7O3S2/c32-22-15-18(33)4-5-21(22)27-26(23-8-13-42(39-23)30(34)35)24-16-19(17-41(24)28(38-27)29-37-12-14-46-29)40-47(44,45)20-6-9-31(43,10-7-20)25-3-1-2-11-36-25/h1-5,8,11-15,19-20,27,30,40,43H,6-7,9-10,16-17H2/t19-,20-,27-,31+/m0/s1. The van der Waals surface area contributed by atoms with E-state index in [-0.39, 0.29) is 49.4 Å². The third-order valence-corrected chi connectivity index (χ3v) is 12.0. The number of rotatable bonds is 8. The Kier molecular flexibility index (Phi) is 8.45. The van der Waals surface area contributed by atoms with Crippen molar-refractivity contribution in [3.8, 4) is 0 Å². The fourth-order valence-corrected chi connectivity index (χ4v) is 9.22. The van der Waals surface area contributed by atoms with Gasteiger partial charge in [-0.1, -0.05) is 23.7 Å². The van der Waals surface area contributed by atoms with Gasteiger partial charge >= 0.3 is 6.55 Å². The second kappa shape index (κ2) is 12.4. The summed E-state index contributed by atoms with van der Waals surface area (Å²) < 4.78 is 72.3. The van der Waals surface area contributed by atoms with Crippen molar-refractivity contribution in [2.45, 2.75) is 61.6 Å². The van der Waals surface area contributed by atoms with Crippen molar-refractivity contribution in [1.29, 1.82) is 0 Å². The van der Waals surface area contributed by atoms with Gasteiger partial charge in [-0.2, -0.15) is 13.9 Å². The number of aromatic nitrogens is 4. The third kappa shape index (κ3) is 6.10. The summed E-state index contributed by atoms with van der Waals surface area (Å²) in [6, 6.07) is 9.17. The highest BCUT2D eigenvalue weighted by Crippen LogP contribution is 2.46. The number of hydrogen-bond acceptors (Lipinski definition) is 9. The van der Waals surface area contributed by atoms with Crippen LogP contribution >= 0.6 is 22.9 Å². The average molecular weight is 704 g/mol. The zero-order chi connectivity index (χ0) is 32.9. The lowest BCUT2D eigenvalue weighted by Gasteiger charge is -2.35. The molecule has 1 saturated heterocycles.